The Morgan fingerprint density at radius 3 is 2.16 bits per heavy atom. The van der Waals surface area contributed by atoms with Crippen LogP contribution >= 0.6 is 0 Å². The summed E-state index contributed by atoms with van der Waals surface area (Å²) in [5.74, 6) is -1.34. The number of rotatable bonds is 5. The topological polar surface area (TPSA) is 166 Å². The highest BCUT2D eigenvalue weighted by atomic mass is 16.6. The number of aliphatic imine (C=N–C) groups is 1. The molecule has 10 heteroatoms. The maximum Gasteiger partial charge on any atom is 0.407 e. The zero-order valence-electron chi connectivity index (χ0n) is 19.0. The van der Waals surface area contributed by atoms with Crippen molar-refractivity contribution in [3.63, 3.8) is 0 Å². The van der Waals surface area contributed by atoms with Crippen molar-refractivity contribution in [1.29, 1.82) is 10.8 Å². The molecule has 2 atom stereocenters. The third-order valence-electron chi connectivity index (χ3n) is 4.81. The van der Waals surface area contributed by atoms with Crippen LogP contribution in [0, 0.1) is 17.7 Å². The molecule has 2 rings (SSSR count). The molecule has 1 aromatic rings. The summed E-state index contributed by atoms with van der Waals surface area (Å²) in [6.45, 7) is 7.33. The summed E-state index contributed by atoms with van der Waals surface area (Å²) in [6, 6.07) is 6.81. The molecule has 1 aliphatic rings. The average Bonchev–Trinajstić information content (AvgIpc) is 2.68. The Hall–Kier alpha value is -3.43. The predicted molar refractivity (Wildman–Crippen MR) is 125 cm³/mol. The molecule has 0 spiro atoms. The Morgan fingerprint density at radius 2 is 1.62 bits per heavy atom. The number of aryl methyl sites for hydroxylation is 1. The molecule has 0 radical (unpaired) electrons. The van der Waals surface area contributed by atoms with Gasteiger partial charge in [0.2, 0.25) is 5.96 Å². The Morgan fingerprint density at radius 1 is 1.06 bits per heavy atom. The smallest absolute Gasteiger partial charge is 0.407 e. The fourth-order valence-electron chi connectivity index (χ4n) is 3.29. The van der Waals surface area contributed by atoms with E-state index < -0.39 is 23.3 Å². The number of guanidine groups is 1. The molecule has 174 valence electrons. The molecule has 0 saturated heterocycles. The minimum Gasteiger partial charge on any atom is -0.444 e. The molecule has 2 amide bonds. The van der Waals surface area contributed by atoms with Crippen molar-refractivity contribution < 1.29 is 14.3 Å². The molecule has 32 heavy (non-hydrogen) atoms. The van der Waals surface area contributed by atoms with Gasteiger partial charge in [-0.1, -0.05) is 30.5 Å². The normalized spacial score (nSPS) is 18.9. The number of primary amides is 1. The van der Waals surface area contributed by atoms with Crippen LogP contribution in [-0.4, -0.2) is 47.2 Å². The summed E-state index contributed by atoms with van der Waals surface area (Å²) in [6.07, 6.45) is 2.84. The van der Waals surface area contributed by atoms with Crippen LogP contribution in [0.15, 0.2) is 29.3 Å². The predicted octanol–water partition coefficient (Wildman–Crippen LogP) is 2.67. The van der Waals surface area contributed by atoms with Gasteiger partial charge in [0, 0.05) is 11.7 Å². The Bertz CT molecular complexity index is 888. The van der Waals surface area contributed by atoms with E-state index in [0.29, 0.717) is 5.69 Å². The van der Waals surface area contributed by atoms with Crippen molar-refractivity contribution in [3.05, 3.63) is 29.8 Å². The first-order chi connectivity index (χ1) is 14.9. The lowest BCUT2D eigenvalue weighted by molar-refractivity contribution is -0.111. The number of amidine groups is 1. The fraction of sp³-hybridized carbons (Fsp3) is 0.500. The fourth-order valence-corrected chi connectivity index (χ4v) is 3.29. The van der Waals surface area contributed by atoms with Crippen molar-refractivity contribution in [2.75, 3.05) is 5.32 Å². The van der Waals surface area contributed by atoms with E-state index in [4.69, 9.17) is 21.3 Å². The van der Waals surface area contributed by atoms with Crippen molar-refractivity contribution in [2.45, 2.75) is 71.1 Å². The molecule has 1 fully saturated rings. The number of amides is 2. The van der Waals surface area contributed by atoms with E-state index in [1.54, 1.807) is 32.9 Å². The van der Waals surface area contributed by atoms with Crippen LogP contribution in [0.1, 0.15) is 52.0 Å². The van der Waals surface area contributed by atoms with Gasteiger partial charge in [-0.15, -0.1) is 0 Å². The summed E-state index contributed by atoms with van der Waals surface area (Å²) in [5, 5.41) is 25.0. The van der Waals surface area contributed by atoms with E-state index in [1.807, 2.05) is 19.1 Å². The number of nitrogens with one attached hydrogen (secondary N) is 5. The summed E-state index contributed by atoms with van der Waals surface area (Å²) in [5.41, 5.74) is 5.78. The van der Waals surface area contributed by atoms with E-state index in [9.17, 15) is 9.59 Å². The highest BCUT2D eigenvalue weighted by molar-refractivity contribution is 6.67. The van der Waals surface area contributed by atoms with Crippen LogP contribution in [0.25, 0.3) is 0 Å². The first-order valence-corrected chi connectivity index (χ1v) is 10.6. The Labute approximate surface area is 188 Å². The molecule has 0 bridgehead atoms. The van der Waals surface area contributed by atoms with Crippen molar-refractivity contribution in [2.24, 2.45) is 10.7 Å². The van der Waals surface area contributed by atoms with Crippen LogP contribution in [0.2, 0.25) is 0 Å². The second-order valence-electron chi connectivity index (χ2n) is 8.83. The van der Waals surface area contributed by atoms with Crippen LogP contribution in [-0.2, 0) is 9.53 Å². The number of nitrogens with two attached hydrogens (primary N) is 1. The minimum absolute atomic E-state index is 0.133. The molecule has 0 unspecified atom stereocenters. The number of carbonyl (C=O) groups is 2. The highest BCUT2D eigenvalue weighted by Gasteiger charge is 2.29. The number of benzene rings is 1. The van der Waals surface area contributed by atoms with Gasteiger partial charge in [0.15, 0.2) is 11.5 Å². The SMILES string of the molecule is Cc1ccc(N/C(=N/C(=N)N[C@@H]2CCCC[C@@H]2NC(=O)OC(C)(C)C)C(=N)C(N)=O)cc1. The number of ether oxygens (including phenoxy) is 1. The van der Waals surface area contributed by atoms with Gasteiger partial charge in [-0.2, -0.15) is 4.99 Å². The largest absolute Gasteiger partial charge is 0.444 e. The molecular weight excluding hydrogens is 410 g/mol. The number of hydrogen-bond donors (Lipinski definition) is 6. The molecule has 1 aliphatic carbocycles. The summed E-state index contributed by atoms with van der Waals surface area (Å²) in [7, 11) is 0. The number of hydrogen-bond acceptors (Lipinski definition) is 5. The van der Waals surface area contributed by atoms with Gasteiger partial charge in [-0.25, -0.2) is 4.79 Å². The van der Waals surface area contributed by atoms with Gasteiger partial charge < -0.3 is 26.4 Å². The summed E-state index contributed by atoms with van der Waals surface area (Å²) >= 11 is 0. The summed E-state index contributed by atoms with van der Waals surface area (Å²) < 4.78 is 5.34. The lowest BCUT2D eigenvalue weighted by Gasteiger charge is -2.33. The second-order valence-corrected chi connectivity index (χ2v) is 8.83. The molecule has 1 aromatic carbocycles. The zero-order valence-corrected chi connectivity index (χ0v) is 19.0. The monoisotopic (exact) mass is 443 g/mol. The molecule has 0 heterocycles. The highest BCUT2D eigenvalue weighted by Crippen LogP contribution is 2.19. The van der Waals surface area contributed by atoms with Crippen LogP contribution in [0.5, 0.6) is 0 Å². The van der Waals surface area contributed by atoms with Crippen LogP contribution < -0.4 is 21.7 Å². The number of nitrogens with zero attached hydrogens (tertiary/aromatic N) is 1. The minimum atomic E-state index is -0.960. The lowest BCUT2D eigenvalue weighted by Crippen LogP contribution is -2.53. The van der Waals surface area contributed by atoms with Crippen LogP contribution in [0.3, 0.4) is 0 Å². The third kappa shape index (κ3) is 8.01. The van der Waals surface area contributed by atoms with Crippen LogP contribution in [0.4, 0.5) is 10.5 Å². The van der Waals surface area contributed by atoms with Gasteiger partial charge in [-0.3, -0.25) is 15.6 Å². The summed E-state index contributed by atoms with van der Waals surface area (Å²) in [4.78, 5) is 27.9. The van der Waals surface area contributed by atoms with Crippen molar-refractivity contribution >= 4 is 35.2 Å². The van der Waals surface area contributed by atoms with Gasteiger partial charge >= 0.3 is 6.09 Å². The van der Waals surface area contributed by atoms with Crippen molar-refractivity contribution in [1.82, 2.24) is 10.6 Å². The van der Waals surface area contributed by atoms with Gasteiger partial charge in [0.1, 0.15) is 5.60 Å². The molecule has 0 aliphatic heterocycles. The maximum atomic E-state index is 12.2. The lowest BCUT2D eigenvalue weighted by atomic mass is 9.90. The van der Waals surface area contributed by atoms with E-state index in [2.05, 4.69) is 20.9 Å². The molecule has 1 saturated carbocycles. The number of alkyl carbamates (subject to hydrolysis) is 1. The van der Waals surface area contributed by atoms with E-state index >= 15 is 0 Å². The molecular formula is C22H33N7O3. The Kier molecular flexibility index (Phi) is 8.34. The molecule has 0 aromatic heterocycles. The van der Waals surface area contributed by atoms with E-state index in [1.165, 1.54) is 0 Å². The quantitative estimate of drug-likeness (QED) is 0.303. The zero-order chi connectivity index (χ0) is 23.9. The second kappa shape index (κ2) is 10.7. The van der Waals surface area contributed by atoms with Gasteiger partial charge in [0.25, 0.3) is 5.91 Å². The third-order valence-corrected chi connectivity index (χ3v) is 4.81. The molecule has 10 nitrogen and oxygen atoms in total. The molecule has 7 N–H and O–H groups in total. The number of carbonyl (C=O) groups excluding carboxylic acids is 2. The first kappa shape index (κ1) is 24.8. The number of anilines is 1. The van der Waals surface area contributed by atoms with E-state index in [-0.39, 0.29) is 23.9 Å². The van der Waals surface area contributed by atoms with E-state index in [0.717, 1.165) is 31.2 Å². The Balaban J connectivity index is 2.12. The van der Waals surface area contributed by atoms with Crippen molar-refractivity contribution in [3.8, 4) is 0 Å². The maximum absolute atomic E-state index is 12.2. The van der Waals surface area contributed by atoms with Gasteiger partial charge in [0.05, 0.1) is 6.04 Å². The first-order valence-electron chi connectivity index (χ1n) is 10.6. The average molecular weight is 444 g/mol. The van der Waals surface area contributed by atoms with Gasteiger partial charge in [-0.05, 0) is 52.7 Å². The standard InChI is InChI=1S/C22H33N7O3/c1-13-9-11-14(12-10-13)26-19(17(23)18(24)30)29-20(25)27-15-7-5-6-8-16(15)28-21(31)32-22(2,3)4/h9-12,15-16,23H,5-8H2,1-4H3,(H2,24,30)(H,28,31)(H3,25,26,27,29)/t15-,16+/m1/s1.